The highest BCUT2D eigenvalue weighted by molar-refractivity contribution is 5.98. The summed E-state index contributed by atoms with van der Waals surface area (Å²) in [5, 5.41) is 0. The van der Waals surface area contributed by atoms with E-state index in [0.717, 1.165) is 10.5 Å². The molecule has 1 rings (SSSR count). The zero-order valence-electron chi connectivity index (χ0n) is 4.29. The first-order valence-corrected chi connectivity index (χ1v) is 3.13. The van der Waals surface area contributed by atoms with E-state index in [4.69, 9.17) is 4.43 Å². The Hall–Kier alpha value is -0.343. The largest absolute Gasteiger partial charge is 0.418 e. The van der Waals surface area contributed by atoms with E-state index in [1.807, 2.05) is 24.3 Å². The third-order valence-corrected chi connectivity index (χ3v) is 1.53. The molecule has 0 atom stereocenters. The van der Waals surface area contributed by atoms with Crippen LogP contribution in [0, 0.1) is 0 Å². The molecule has 0 saturated heterocycles. The van der Waals surface area contributed by atoms with Gasteiger partial charge >= 0.3 is 0 Å². The highest BCUT2D eigenvalue weighted by atomic mass is 28.2. The third kappa shape index (κ3) is 1.01. The Labute approximate surface area is 46.2 Å². The lowest BCUT2D eigenvalue weighted by molar-refractivity contribution is 0.330. The number of rotatable bonds is 1. The second-order valence-corrected chi connectivity index (χ2v) is 1.94. The highest BCUT2D eigenvalue weighted by Gasteiger charge is 1.96. The second kappa shape index (κ2) is 2.09. The van der Waals surface area contributed by atoms with Crippen LogP contribution >= 0.6 is 0 Å². The normalized spacial score (nSPS) is 19.4. The van der Waals surface area contributed by atoms with Crippen molar-refractivity contribution < 1.29 is 4.43 Å². The first kappa shape index (κ1) is 4.81. The first-order chi connectivity index (χ1) is 3.43. The SMILES string of the molecule is [SiH3]OC1C=CC=C1. The Kier molecular flexibility index (Phi) is 1.44. The van der Waals surface area contributed by atoms with Crippen LogP contribution in [0.15, 0.2) is 24.3 Å². The van der Waals surface area contributed by atoms with Crippen LogP contribution in [0.25, 0.3) is 0 Å². The van der Waals surface area contributed by atoms with Gasteiger partial charge in [0.05, 0.1) is 6.10 Å². The molecule has 7 heavy (non-hydrogen) atoms. The smallest absolute Gasteiger partial charge is 0.147 e. The van der Waals surface area contributed by atoms with Crippen molar-refractivity contribution >= 4 is 10.5 Å². The van der Waals surface area contributed by atoms with Gasteiger partial charge in [-0.2, -0.15) is 0 Å². The average Bonchev–Trinajstić information content (AvgIpc) is 2.14. The number of hydrogen-bond donors (Lipinski definition) is 0. The van der Waals surface area contributed by atoms with Gasteiger partial charge in [-0.05, 0) is 0 Å². The standard InChI is InChI=1S/C5H8OSi/c7-6-5-3-1-2-4-5/h1-5H,7H3. The Balaban J connectivity index is 2.44. The predicted octanol–water partition coefficient (Wildman–Crippen LogP) is -0.222. The molecule has 1 aliphatic carbocycles. The van der Waals surface area contributed by atoms with Gasteiger partial charge in [0.25, 0.3) is 0 Å². The minimum atomic E-state index is 0.298. The zero-order chi connectivity index (χ0) is 5.11. The van der Waals surface area contributed by atoms with Crippen LogP contribution in [-0.4, -0.2) is 16.6 Å². The summed E-state index contributed by atoms with van der Waals surface area (Å²) in [5.41, 5.74) is 0. The van der Waals surface area contributed by atoms with Gasteiger partial charge in [0.2, 0.25) is 0 Å². The quantitative estimate of drug-likeness (QED) is 0.426. The van der Waals surface area contributed by atoms with Gasteiger partial charge in [-0.15, -0.1) is 0 Å². The molecule has 38 valence electrons. The molecular weight excluding hydrogens is 104 g/mol. The minimum absolute atomic E-state index is 0.298. The molecule has 0 heterocycles. The molecule has 0 bridgehead atoms. The van der Waals surface area contributed by atoms with Gasteiger partial charge in [0.15, 0.2) is 0 Å². The van der Waals surface area contributed by atoms with E-state index in [9.17, 15) is 0 Å². The summed E-state index contributed by atoms with van der Waals surface area (Å²) in [7, 11) is 0.829. The number of hydrogen-bond acceptors (Lipinski definition) is 1. The van der Waals surface area contributed by atoms with Gasteiger partial charge in [-0.3, -0.25) is 0 Å². The number of allylic oxidation sites excluding steroid dienone is 2. The van der Waals surface area contributed by atoms with E-state index in [0.29, 0.717) is 6.10 Å². The van der Waals surface area contributed by atoms with Crippen LogP contribution in [0.4, 0.5) is 0 Å². The molecule has 1 nitrogen and oxygen atoms in total. The summed E-state index contributed by atoms with van der Waals surface area (Å²) in [4.78, 5) is 0. The molecule has 0 aliphatic heterocycles. The molecule has 0 aromatic heterocycles. The molecule has 0 aromatic rings. The first-order valence-electron chi connectivity index (χ1n) is 2.31. The van der Waals surface area contributed by atoms with E-state index < -0.39 is 0 Å². The summed E-state index contributed by atoms with van der Waals surface area (Å²) in [5.74, 6) is 0. The van der Waals surface area contributed by atoms with Crippen LogP contribution in [-0.2, 0) is 4.43 Å². The van der Waals surface area contributed by atoms with Crippen molar-refractivity contribution in [2.75, 3.05) is 0 Å². The van der Waals surface area contributed by atoms with E-state index in [-0.39, 0.29) is 0 Å². The van der Waals surface area contributed by atoms with Gasteiger partial charge < -0.3 is 4.43 Å². The van der Waals surface area contributed by atoms with Crippen LogP contribution in [0.5, 0.6) is 0 Å². The van der Waals surface area contributed by atoms with Crippen molar-refractivity contribution in [3.8, 4) is 0 Å². The predicted molar refractivity (Wildman–Crippen MR) is 33.1 cm³/mol. The van der Waals surface area contributed by atoms with Crippen molar-refractivity contribution in [3.05, 3.63) is 24.3 Å². The third-order valence-electron chi connectivity index (χ3n) is 0.985. The Morgan fingerprint density at radius 1 is 1.29 bits per heavy atom. The molecule has 2 heteroatoms. The molecule has 0 N–H and O–H groups in total. The molecule has 0 unspecified atom stereocenters. The van der Waals surface area contributed by atoms with E-state index >= 15 is 0 Å². The molecule has 0 spiro atoms. The summed E-state index contributed by atoms with van der Waals surface area (Å²) in [6, 6.07) is 0. The fourth-order valence-electron chi connectivity index (χ4n) is 0.569. The van der Waals surface area contributed by atoms with Crippen molar-refractivity contribution in [3.63, 3.8) is 0 Å². The maximum Gasteiger partial charge on any atom is 0.147 e. The minimum Gasteiger partial charge on any atom is -0.418 e. The monoisotopic (exact) mass is 112 g/mol. The van der Waals surface area contributed by atoms with Gasteiger partial charge in [-0.1, -0.05) is 24.3 Å². The molecule has 1 aliphatic rings. The Bertz CT molecular complexity index is 94.6. The van der Waals surface area contributed by atoms with Crippen LogP contribution in [0.3, 0.4) is 0 Å². The second-order valence-electron chi connectivity index (χ2n) is 1.47. The van der Waals surface area contributed by atoms with E-state index in [1.165, 1.54) is 0 Å². The van der Waals surface area contributed by atoms with Gasteiger partial charge in [-0.25, -0.2) is 0 Å². The molecule has 0 amide bonds. The van der Waals surface area contributed by atoms with Crippen LogP contribution in [0.2, 0.25) is 0 Å². The lowest BCUT2D eigenvalue weighted by atomic mass is 10.4. The molecular formula is C5H8OSi. The summed E-state index contributed by atoms with van der Waals surface area (Å²) in [6.07, 6.45) is 8.37. The Morgan fingerprint density at radius 2 is 1.86 bits per heavy atom. The average molecular weight is 112 g/mol. The maximum atomic E-state index is 5.08. The topological polar surface area (TPSA) is 9.23 Å². The molecule has 0 aromatic carbocycles. The lowest BCUT2D eigenvalue weighted by Gasteiger charge is -1.98. The lowest BCUT2D eigenvalue weighted by Crippen LogP contribution is -1.99. The highest BCUT2D eigenvalue weighted by Crippen LogP contribution is 2.00. The maximum absolute atomic E-state index is 5.08. The fourth-order valence-corrected chi connectivity index (χ4v) is 0.883. The van der Waals surface area contributed by atoms with E-state index in [1.54, 1.807) is 0 Å². The van der Waals surface area contributed by atoms with Crippen molar-refractivity contribution in [1.82, 2.24) is 0 Å². The van der Waals surface area contributed by atoms with Crippen molar-refractivity contribution in [2.45, 2.75) is 6.10 Å². The van der Waals surface area contributed by atoms with Crippen molar-refractivity contribution in [1.29, 1.82) is 0 Å². The fraction of sp³-hybridized carbons (Fsp3) is 0.200. The molecule has 0 saturated carbocycles. The summed E-state index contributed by atoms with van der Waals surface area (Å²) < 4.78 is 5.08. The van der Waals surface area contributed by atoms with Gasteiger partial charge in [0.1, 0.15) is 10.5 Å². The molecule has 0 fully saturated rings. The van der Waals surface area contributed by atoms with Crippen molar-refractivity contribution in [2.24, 2.45) is 0 Å². The Morgan fingerprint density at radius 3 is 2.14 bits per heavy atom. The summed E-state index contributed by atoms with van der Waals surface area (Å²) in [6.45, 7) is 0. The van der Waals surface area contributed by atoms with Crippen LogP contribution < -0.4 is 0 Å². The summed E-state index contributed by atoms with van der Waals surface area (Å²) >= 11 is 0. The van der Waals surface area contributed by atoms with Gasteiger partial charge in [0, 0.05) is 0 Å². The zero-order valence-corrected chi connectivity index (χ0v) is 6.29. The van der Waals surface area contributed by atoms with E-state index in [2.05, 4.69) is 0 Å². The molecule has 0 radical (unpaired) electrons. The van der Waals surface area contributed by atoms with Crippen LogP contribution in [0.1, 0.15) is 0 Å².